The molecule has 3 aromatic carbocycles. The van der Waals surface area contributed by atoms with Crippen molar-refractivity contribution in [3.63, 3.8) is 0 Å². The molecule has 2 N–H and O–H groups in total. The fourth-order valence-electron chi connectivity index (χ4n) is 2.43. The molecule has 0 unspecified atom stereocenters. The minimum atomic E-state index is -0.274. The van der Waals surface area contributed by atoms with E-state index in [-0.39, 0.29) is 5.91 Å². The van der Waals surface area contributed by atoms with Crippen LogP contribution in [0.5, 0.6) is 5.75 Å². The van der Waals surface area contributed by atoms with Crippen molar-refractivity contribution in [3.8, 4) is 5.75 Å². The number of amides is 1. The molecule has 3 aromatic rings. The maximum absolute atomic E-state index is 12.6. The van der Waals surface area contributed by atoms with Crippen LogP contribution in [-0.2, 0) is 0 Å². The molecule has 0 saturated carbocycles. The van der Waals surface area contributed by atoms with Crippen LogP contribution < -0.4 is 15.6 Å². The summed E-state index contributed by atoms with van der Waals surface area (Å²) < 4.78 is 5.63. The number of benzene rings is 3. The number of hydrazine groups is 1. The standard InChI is InChI=1S/C19H17ClN2O2/c1-2-24-18-11-14-7-4-3-6-13(14)10-17(18)19(23)22-21-16-9-5-8-15(20)12-16/h3-12,21H,2H2,1H3,(H,22,23). The van der Waals surface area contributed by atoms with Gasteiger partial charge in [0.05, 0.1) is 17.9 Å². The van der Waals surface area contributed by atoms with Gasteiger partial charge in [-0.05, 0) is 48.0 Å². The summed E-state index contributed by atoms with van der Waals surface area (Å²) in [5.74, 6) is 0.283. The highest BCUT2D eigenvalue weighted by Gasteiger charge is 2.14. The van der Waals surface area contributed by atoms with Gasteiger partial charge >= 0.3 is 0 Å². The monoisotopic (exact) mass is 340 g/mol. The van der Waals surface area contributed by atoms with E-state index in [2.05, 4.69) is 10.9 Å². The van der Waals surface area contributed by atoms with E-state index >= 15 is 0 Å². The Morgan fingerprint density at radius 2 is 1.79 bits per heavy atom. The molecule has 0 fully saturated rings. The van der Waals surface area contributed by atoms with Gasteiger partial charge in [0.15, 0.2) is 0 Å². The van der Waals surface area contributed by atoms with Gasteiger partial charge in [-0.25, -0.2) is 0 Å². The number of carbonyl (C=O) groups is 1. The van der Waals surface area contributed by atoms with Gasteiger partial charge in [0.1, 0.15) is 5.75 Å². The van der Waals surface area contributed by atoms with E-state index in [1.807, 2.05) is 49.4 Å². The maximum Gasteiger partial charge on any atom is 0.273 e. The molecule has 0 aliphatic heterocycles. The molecule has 4 nitrogen and oxygen atoms in total. The Labute approximate surface area is 145 Å². The van der Waals surface area contributed by atoms with Crippen LogP contribution in [0.25, 0.3) is 10.8 Å². The highest BCUT2D eigenvalue weighted by molar-refractivity contribution is 6.30. The summed E-state index contributed by atoms with van der Waals surface area (Å²) in [6, 6.07) is 18.7. The van der Waals surface area contributed by atoms with Crippen LogP contribution >= 0.6 is 11.6 Å². The quantitative estimate of drug-likeness (QED) is 0.665. The number of fused-ring (bicyclic) bond motifs is 1. The zero-order chi connectivity index (χ0) is 16.9. The van der Waals surface area contributed by atoms with Gasteiger partial charge in [-0.2, -0.15) is 0 Å². The van der Waals surface area contributed by atoms with Crippen LogP contribution in [0.1, 0.15) is 17.3 Å². The third-order valence-electron chi connectivity index (χ3n) is 3.54. The molecule has 122 valence electrons. The molecule has 0 aliphatic carbocycles. The van der Waals surface area contributed by atoms with Crippen molar-refractivity contribution >= 4 is 34.0 Å². The molecule has 3 rings (SSSR count). The summed E-state index contributed by atoms with van der Waals surface area (Å²) in [6.07, 6.45) is 0. The van der Waals surface area contributed by atoms with Crippen LogP contribution in [0.4, 0.5) is 5.69 Å². The van der Waals surface area contributed by atoms with E-state index in [1.165, 1.54) is 0 Å². The van der Waals surface area contributed by atoms with E-state index in [1.54, 1.807) is 18.2 Å². The molecule has 0 radical (unpaired) electrons. The first-order valence-corrected chi connectivity index (χ1v) is 8.02. The molecule has 1 amide bonds. The van der Waals surface area contributed by atoms with Gasteiger partial charge in [0, 0.05) is 5.02 Å². The molecule has 0 aromatic heterocycles. The smallest absolute Gasteiger partial charge is 0.273 e. The third-order valence-corrected chi connectivity index (χ3v) is 3.77. The summed E-state index contributed by atoms with van der Waals surface area (Å²) in [4.78, 5) is 12.6. The second kappa shape index (κ2) is 7.23. The van der Waals surface area contributed by atoms with E-state index in [0.29, 0.717) is 28.6 Å². The van der Waals surface area contributed by atoms with E-state index in [0.717, 1.165) is 10.8 Å². The number of hydrogen-bond acceptors (Lipinski definition) is 3. The van der Waals surface area contributed by atoms with Crippen LogP contribution in [0.2, 0.25) is 5.02 Å². The van der Waals surface area contributed by atoms with Crippen molar-refractivity contribution < 1.29 is 9.53 Å². The minimum absolute atomic E-state index is 0.274. The molecule has 24 heavy (non-hydrogen) atoms. The molecule has 5 heteroatoms. The Balaban J connectivity index is 1.86. The first-order chi connectivity index (χ1) is 11.7. The Morgan fingerprint density at radius 3 is 2.50 bits per heavy atom. The zero-order valence-electron chi connectivity index (χ0n) is 13.2. The molecule has 0 heterocycles. The highest BCUT2D eigenvalue weighted by atomic mass is 35.5. The topological polar surface area (TPSA) is 50.4 Å². The first-order valence-electron chi connectivity index (χ1n) is 7.65. The largest absolute Gasteiger partial charge is 0.493 e. The van der Waals surface area contributed by atoms with Gasteiger partial charge in [0.2, 0.25) is 0 Å². The predicted molar refractivity (Wildman–Crippen MR) is 97.7 cm³/mol. The Bertz CT molecular complexity index is 880. The van der Waals surface area contributed by atoms with Crippen molar-refractivity contribution in [3.05, 3.63) is 71.2 Å². The lowest BCUT2D eigenvalue weighted by molar-refractivity contribution is 0.0959. The number of ether oxygens (including phenoxy) is 1. The second-order valence-electron chi connectivity index (χ2n) is 5.22. The average Bonchev–Trinajstić information content (AvgIpc) is 2.59. The predicted octanol–water partition coefficient (Wildman–Crippen LogP) is 4.65. The normalized spacial score (nSPS) is 10.4. The van der Waals surface area contributed by atoms with Crippen molar-refractivity contribution in [1.29, 1.82) is 0 Å². The van der Waals surface area contributed by atoms with Crippen molar-refractivity contribution in [1.82, 2.24) is 5.43 Å². The van der Waals surface area contributed by atoms with E-state index in [4.69, 9.17) is 16.3 Å². The summed E-state index contributed by atoms with van der Waals surface area (Å²) >= 11 is 5.94. The number of carbonyl (C=O) groups excluding carboxylic acids is 1. The second-order valence-corrected chi connectivity index (χ2v) is 5.65. The molecule has 0 bridgehead atoms. The Kier molecular flexibility index (Phi) is 4.87. The van der Waals surface area contributed by atoms with Gasteiger partial charge in [-0.15, -0.1) is 0 Å². The fourth-order valence-corrected chi connectivity index (χ4v) is 2.62. The molecule has 0 spiro atoms. The van der Waals surface area contributed by atoms with Gasteiger partial charge in [-0.1, -0.05) is 41.9 Å². The molecule has 0 atom stereocenters. The first kappa shape index (κ1) is 16.1. The van der Waals surface area contributed by atoms with Crippen LogP contribution in [0.15, 0.2) is 60.7 Å². The van der Waals surface area contributed by atoms with Crippen LogP contribution in [-0.4, -0.2) is 12.5 Å². The van der Waals surface area contributed by atoms with E-state index < -0.39 is 0 Å². The van der Waals surface area contributed by atoms with Crippen molar-refractivity contribution in [2.24, 2.45) is 0 Å². The van der Waals surface area contributed by atoms with Gasteiger partial charge in [0.25, 0.3) is 5.91 Å². The highest BCUT2D eigenvalue weighted by Crippen LogP contribution is 2.26. The Hall–Kier alpha value is -2.72. The average molecular weight is 341 g/mol. The minimum Gasteiger partial charge on any atom is -0.493 e. The fraction of sp³-hybridized carbons (Fsp3) is 0.105. The summed E-state index contributed by atoms with van der Waals surface area (Å²) in [5.41, 5.74) is 6.72. The zero-order valence-corrected chi connectivity index (χ0v) is 13.9. The lowest BCUT2D eigenvalue weighted by atomic mass is 10.1. The number of nitrogens with one attached hydrogen (secondary N) is 2. The summed E-state index contributed by atoms with van der Waals surface area (Å²) in [5, 5.41) is 2.60. The SMILES string of the molecule is CCOc1cc2ccccc2cc1C(=O)NNc1cccc(Cl)c1. The lowest BCUT2D eigenvalue weighted by Gasteiger charge is -2.13. The molecule has 0 saturated heterocycles. The molecular formula is C19H17ClN2O2. The number of halogens is 1. The number of anilines is 1. The number of hydrogen-bond donors (Lipinski definition) is 2. The summed E-state index contributed by atoms with van der Waals surface area (Å²) in [6.45, 7) is 2.38. The Morgan fingerprint density at radius 1 is 1.04 bits per heavy atom. The van der Waals surface area contributed by atoms with Crippen molar-refractivity contribution in [2.75, 3.05) is 12.0 Å². The van der Waals surface area contributed by atoms with Gasteiger partial charge in [-0.3, -0.25) is 15.6 Å². The summed E-state index contributed by atoms with van der Waals surface area (Å²) in [7, 11) is 0. The van der Waals surface area contributed by atoms with Crippen LogP contribution in [0, 0.1) is 0 Å². The van der Waals surface area contributed by atoms with Crippen molar-refractivity contribution in [2.45, 2.75) is 6.92 Å². The van der Waals surface area contributed by atoms with E-state index in [9.17, 15) is 4.79 Å². The van der Waals surface area contributed by atoms with Crippen LogP contribution in [0.3, 0.4) is 0 Å². The molecule has 0 aliphatic rings. The van der Waals surface area contributed by atoms with Gasteiger partial charge < -0.3 is 4.74 Å². The third kappa shape index (κ3) is 3.60. The number of rotatable bonds is 5. The lowest BCUT2D eigenvalue weighted by Crippen LogP contribution is -2.29. The molecular weight excluding hydrogens is 324 g/mol. The maximum atomic E-state index is 12.6.